The van der Waals surface area contributed by atoms with Gasteiger partial charge in [-0.15, -0.1) is 0 Å². The van der Waals surface area contributed by atoms with Crippen LogP contribution in [0.3, 0.4) is 0 Å². The van der Waals surface area contributed by atoms with E-state index in [0.29, 0.717) is 26.3 Å². The second kappa shape index (κ2) is 6.72. The quantitative estimate of drug-likeness (QED) is 0.795. The van der Waals surface area contributed by atoms with Gasteiger partial charge in [-0.2, -0.15) is 5.10 Å². The highest BCUT2D eigenvalue weighted by Crippen LogP contribution is 2.21. The van der Waals surface area contributed by atoms with Crippen molar-refractivity contribution < 1.29 is 9.53 Å². The van der Waals surface area contributed by atoms with Crippen LogP contribution in [-0.4, -0.2) is 45.3 Å². The lowest BCUT2D eigenvalue weighted by atomic mass is 10.1. The van der Waals surface area contributed by atoms with Gasteiger partial charge in [0, 0.05) is 54.5 Å². The fourth-order valence-corrected chi connectivity index (χ4v) is 3.45. The third kappa shape index (κ3) is 3.17. The molecule has 3 aromatic rings. The maximum Gasteiger partial charge on any atom is 0.254 e. The van der Waals surface area contributed by atoms with E-state index in [9.17, 15) is 4.79 Å². The molecule has 0 aliphatic carbocycles. The molecule has 0 radical (unpaired) electrons. The summed E-state index contributed by atoms with van der Waals surface area (Å²) in [6.07, 6.45) is 3.69. The third-order valence-electron chi connectivity index (χ3n) is 4.71. The maximum absolute atomic E-state index is 13.1. The molecule has 3 heterocycles. The largest absolute Gasteiger partial charge is 0.381 e. The molecule has 0 spiro atoms. The van der Waals surface area contributed by atoms with E-state index in [0.717, 1.165) is 28.7 Å². The van der Waals surface area contributed by atoms with Crippen molar-refractivity contribution in [3.8, 4) is 0 Å². The predicted octanol–water partition coefficient (Wildman–Crippen LogP) is 2.67. The molecule has 1 aromatic carbocycles. The molecule has 1 N–H and O–H groups in total. The van der Waals surface area contributed by atoms with Crippen LogP contribution in [0.15, 0.2) is 42.7 Å². The molecule has 0 saturated carbocycles. The van der Waals surface area contributed by atoms with Crippen molar-refractivity contribution in [2.24, 2.45) is 5.92 Å². The van der Waals surface area contributed by atoms with Crippen LogP contribution in [0.25, 0.3) is 10.9 Å². The van der Waals surface area contributed by atoms with Gasteiger partial charge >= 0.3 is 0 Å². The van der Waals surface area contributed by atoms with Crippen LogP contribution in [0.4, 0.5) is 0 Å². The van der Waals surface area contributed by atoms with E-state index in [4.69, 9.17) is 4.74 Å². The van der Waals surface area contributed by atoms with Gasteiger partial charge in [0.05, 0.1) is 18.8 Å². The van der Waals surface area contributed by atoms with Crippen LogP contribution >= 0.6 is 0 Å². The lowest BCUT2D eigenvalue weighted by Crippen LogP contribution is -2.35. The van der Waals surface area contributed by atoms with E-state index in [1.165, 1.54) is 0 Å². The van der Waals surface area contributed by atoms with E-state index >= 15 is 0 Å². The van der Waals surface area contributed by atoms with Crippen molar-refractivity contribution in [2.45, 2.75) is 20.0 Å². The third-order valence-corrected chi connectivity index (χ3v) is 4.71. The standard InChI is InChI=1S/C19H22N4O2/c1-2-25-13-14-10-22(12-17-6-8-21-23(17)11-14)19(24)16-3-4-18-15(9-16)5-7-20-18/h3-9,14,20H,2,10-13H2,1H3. The lowest BCUT2D eigenvalue weighted by molar-refractivity contribution is 0.0617. The summed E-state index contributed by atoms with van der Waals surface area (Å²) in [6, 6.07) is 9.78. The Labute approximate surface area is 146 Å². The average molecular weight is 338 g/mol. The number of benzene rings is 1. The number of aromatic amines is 1. The minimum absolute atomic E-state index is 0.0549. The molecule has 0 saturated heterocycles. The van der Waals surface area contributed by atoms with Gasteiger partial charge in [0.15, 0.2) is 0 Å². The number of hydrogen-bond donors (Lipinski definition) is 1. The number of rotatable bonds is 4. The highest BCUT2D eigenvalue weighted by Gasteiger charge is 2.26. The Hall–Kier alpha value is -2.60. The molecule has 2 aromatic heterocycles. The molecule has 130 valence electrons. The molecule has 1 aliphatic rings. The molecule has 6 heteroatoms. The molecule has 0 fully saturated rings. The smallest absolute Gasteiger partial charge is 0.254 e. The second-order valence-electron chi connectivity index (χ2n) is 6.50. The summed E-state index contributed by atoms with van der Waals surface area (Å²) in [6.45, 7) is 5.34. The number of ether oxygens (including phenoxy) is 1. The number of fused-ring (bicyclic) bond motifs is 2. The van der Waals surface area contributed by atoms with Gasteiger partial charge in [0.2, 0.25) is 0 Å². The topological polar surface area (TPSA) is 63.1 Å². The van der Waals surface area contributed by atoms with E-state index in [2.05, 4.69) is 10.1 Å². The monoisotopic (exact) mass is 338 g/mol. The fourth-order valence-electron chi connectivity index (χ4n) is 3.45. The Bertz CT molecular complexity index is 882. The number of H-pyrrole nitrogens is 1. The van der Waals surface area contributed by atoms with Crippen molar-refractivity contribution in [2.75, 3.05) is 19.8 Å². The first-order valence-electron chi connectivity index (χ1n) is 8.69. The Kier molecular flexibility index (Phi) is 4.28. The first-order valence-corrected chi connectivity index (χ1v) is 8.69. The summed E-state index contributed by atoms with van der Waals surface area (Å²) in [5.74, 6) is 0.292. The zero-order valence-electron chi connectivity index (χ0n) is 14.3. The number of carbonyl (C=O) groups excluding carboxylic acids is 1. The Morgan fingerprint density at radius 1 is 1.32 bits per heavy atom. The minimum atomic E-state index is 0.0549. The predicted molar refractivity (Wildman–Crippen MR) is 95.2 cm³/mol. The van der Waals surface area contributed by atoms with Crippen molar-refractivity contribution in [1.29, 1.82) is 0 Å². The molecular formula is C19H22N4O2. The van der Waals surface area contributed by atoms with Gasteiger partial charge in [0.1, 0.15) is 0 Å². The molecule has 1 atom stereocenters. The summed E-state index contributed by atoms with van der Waals surface area (Å²) in [5.41, 5.74) is 2.82. The molecular weight excluding hydrogens is 316 g/mol. The van der Waals surface area contributed by atoms with E-state index in [-0.39, 0.29) is 11.8 Å². The van der Waals surface area contributed by atoms with Crippen LogP contribution in [0, 0.1) is 5.92 Å². The molecule has 0 bridgehead atoms. The van der Waals surface area contributed by atoms with E-state index in [1.54, 1.807) is 6.20 Å². The van der Waals surface area contributed by atoms with Gasteiger partial charge in [-0.3, -0.25) is 9.48 Å². The molecule has 1 unspecified atom stereocenters. The summed E-state index contributed by atoms with van der Waals surface area (Å²) in [5, 5.41) is 5.45. The Morgan fingerprint density at radius 2 is 2.24 bits per heavy atom. The van der Waals surface area contributed by atoms with Gasteiger partial charge < -0.3 is 14.6 Å². The first kappa shape index (κ1) is 15.9. The highest BCUT2D eigenvalue weighted by atomic mass is 16.5. The van der Waals surface area contributed by atoms with Crippen molar-refractivity contribution >= 4 is 16.8 Å². The van der Waals surface area contributed by atoms with Crippen LogP contribution in [0.1, 0.15) is 23.0 Å². The summed E-state index contributed by atoms with van der Waals surface area (Å²) < 4.78 is 7.61. The number of hydrogen-bond acceptors (Lipinski definition) is 3. The molecule has 1 amide bonds. The van der Waals surface area contributed by atoms with Crippen molar-refractivity contribution in [3.63, 3.8) is 0 Å². The highest BCUT2D eigenvalue weighted by molar-refractivity contribution is 5.98. The Balaban J connectivity index is 1.61. The summed E-state index contributed by atoms with van der Waals surface area (Å²) in [4.78, 5) is 18.2. The molecule has 6 nitrogen and oxygen atoms in total. The summed E-state index contributed by atoms with van der Waals surface area (Å²) >= 11 is 0. The number of carbonyl (C=O) groups is 1. The minimum Gasteiger partial charge on any atom is -0.381 e. The number of nitrogens with one attached hydrogen (secondary N) is 1. The molecule has 4 rings (SSSR count). The second-order valence-corrected chi connectivity index (χ2v) is 6.50. The van der Waals surface area contributed by atoms with E-state index in [1.807, 2.05) is 53.0 Å². The van der Waals surface area contributed by atoms with Crippen LogP contribution < -0.4 is 0 Å². The SMILES string of the molecule is CCOCC1CN(C(=O)c2ccc3[nH]ccc3c2)Cc2ccnn2C1. The van der Waals surface area contributed by atoms with Crippen LogP contribution in [-0.2, 0) is 17.8 Å². The normalized spacial score (nSPS) is 17.5. The van der Waals surface area contributed by atoms with Crippen LogP contribution in [0.2, 0.25) is 0 Å². The number of nitrogens with zero attached hydrogens (tertiary/aromatic N) is 3. The van der Waals surface area contributed by atoms with Crippen molar-refractivity contribution in [3.05, 3.63) is 54.0 Å². The first-order chi connectivity index (χ1) is 12.2. The van der Waals surface area contributed by atoms with Crippen LogP contribution in [0.5, 0.6) is 0 Å². The van der Waals surface area contributed by atoms with Crippen molar-refractivity contribution in [1.82, 2.24) is 19.7 Å². The number of amides is 1. The van der Waals surface area contributed by atoms with Gasteiger partial charge in [0.25, 0.3) is 5.91 Å². The summed E-state index contributed by atoms with van der Waals surface area (Å²) in [7, 11) is 0. The molecule has 1 aliphatic heterocycles. The molecule has 25 heavy (non-hydrogen) atoms. The maximum atomic E-state index is 13.1. The lowest BCUT2D eigenvalue weighted by Gasteiger charge is -2.24. The van der Waals surface area contributed by atoms with Gasteiger partial charge in [-0.05, 0) is 37.3 Å². The van der Waals surface area contributed by atoms with Gasteiger partial charge in [-0.25, -0.2) is 0 Å². The van der Waals surface area contributed by atoms with E-state index < -0.39 is 0 Å². The average Bonchev–Trinajstić information content (AvgIpc) is 3.23. The fraction of sp³-hybridized carbons (Fsp3) is 0.368. The number of aromatic nitrogens is 3. The van der Waals surface area contributed by atoms with Gasteiger partial charge in [-0.1, -0.05) is 0 Å². The zero-order chi connectivity index (χ0) is 17.2. The zero-order valence-corrected chi connectivity index (χ0v) is 14.3. The Morgan fingerprint density at radius 3 is 3.12 bits per heavy atom.